The summed E-state index contributed by atoms with van der Waals surface area (Å²) in [5.74, 6) is 0. The molecule has 1 saturated heterocycles. The van der Waals surface area contributed by atoms with Gasteiger partial charge in [0.2, 0.25) is 0 Å². The standard InChI is InChI=1S/C9H20P/c1-8(2)7-10(5,6)9(8,3)4/h7H2,1-6H3/q+1. The van der Waals surface area contributed by atoms with Crippen LogP contribution in [0, 0.1) is 5.41 Å². The molecule has 1 fully saturated rings. The van der Waals surface area contributed by atoms with Gasteiger partial charge >= 0.3 is 0 Å². The quantitative estimate of drug-likeness (QED) is 0.476. The summed E-state index contributed by atoms with van der Waals surface area (Å²) in [7, 11) is -0.541. The van der Waals surface area contributed by atoms with Crippen molar-refractivity contribution in [3.8, 4) is 0 Å². The average molecular weight is 159 g/mol. The number of hydrogen-bond donors (Lipinski definition) is 0. The summed E-state index contributed by atoms with van der Waals surface area (Å²) in [6.45, 7) is 14.6. The first-order chi connectivity index (χ1) is 4.21. The van der Waals surface area contributed by atoms with Crippen LogP contribution in [0.1, 0.15) is 27.7 Å². The molecule has 1 aliphatic heterocycles. The maximum atomic E-state index is 2.48. The molecule has 0 aromatic carbocycles. The van der Waals surface area contributed by atoms with E-state index in [0.29, 0.717) is 10.6 Å². The lowest BCUT2D eigenvalue weighted by Crippen LogP contribution is -2.54. The Labute approximate surface area is 65.7 Å². The minimum absolute atomic E-state index is 0.541. The third-order valence-electron chi connectivity index (χ3n) is 3.96. The lowest BCUT2D eigenvalue weighted by molar-refractivity contribution is 0.271. The summed E-state index contributed by atoms with van der Waals surface area (Å²) in [6, 6.07) is 0. The normalized spacial score (nSPS) is 33.0. The Morgan fingerprint density at radius 1 is 1.00 bits per heavy atom. The van der Waals surface area contributed by atoms with E-state index in [9.17, 15) is 0 Å². The van der Waals surface area contributed by atoms with E-state index in [2.05, 4.69) is 41.0 Å². The third-order valence-corrected chi connectivity index (χ3v) is 9.17. The van der Waals surface area contributed by atoms with Crippen LogP contribution in [0.5, 0.6) is 0 Å². The second-order valence-electron chi connectivity index (χ2n) is 5.29. The van der Waals surface area contributed by atoms with E-state index in [-0.39, 0.29) is 0 Å². The third kappa shape index (κ3) is 0.780. The lowest BCUT2D eigenvalue weighted by Gasteiger charge is -2.57. The topological polar surface area (TPSA) is 0 Å². The molecule has 0 radical (unpaired) electrons. The highest BCUT2D eigenvalue weighted by atomic mass is 31.2. The van der Waals surface area contributed by atoms with Crippen LogP contribution in [-0.4, -0.2) is 24.6 Å². The van der Waals surface area contributed by atoms with Gasteiger partial charge in [-0.1, -0.05) is 13.8 Å². The average Bonchev–Trinajstić information content (AvgIpc) is 1.61. The molecule has 0 atom stereocenters. The van der Waals surface area contributed by atoms with Gasteiger partial charge < -0.3 is 0 Å². The van der Waals surface area contributed by atoms with E-state index in [1.807, 2.05) is 0 Å². The highest BCUT2D eigenvalue weighted by Gasteiger charge is 2.66. The molecule has 1 rings (SSSR count). The molecule has 0 unspecified atom stereocenters. The summed E-state index contributed by atoms with van der Waals surface area (Å²) in [5.41, 5.74) is 0.601. The van der Waals surface area contributed by atoms with Crippen LogP contribution in [0.25, 0.3) is 0 Å². The van der Waals surface area contributed by atoms with Crippen LogP contribution in [-0.2, 0) is 0 Å². The minimum atomic E-state index is -0.541. The van der Waals surface area contributed by atoms with E-state index in [0.717, 1.165) is 0 Å². The van der Waals surface area contributed by atoms with Gasteiger partial charge in [-0.05, 0) is 13.8 Å². The van der Waals surface area contributed by atoms with Crippen LogP contribution in [0.2, 0.25) is 0 Å². The first kappa shape index (κ1) is 8.53. The SMILES string of the molecule is CC1(C)C[P+](C)(C)C1(C)C. The molecule has 1 heterocycles. The first-order valence-electron chi connectivity index (χ1n) is 4.04. The van der Waals surface area contributed by atoms with Gasteiger partial charge in [0.15, 0.2) is 0 Å². The summed E-state index contributed by atoms with van der Waals surface area (Å²) >= 11 is 0. The lowest BCUT2D eigenvalue weighted by atomic mass is 9.81. The Morgan fingerprint density at radius 3 is 1.40 bits per heavy atom. The van der Waals surface area contributed by atoms with Crippen LogP contribution in [0.15, 0.2) is 0 Å². The van der Waals surface area contributed by atoms with Crippen molar-refractivity contribution in [2.24, 2.45) is 5.41 Å². The molecule has 0 amide bonds. The zero-order valence-corrected chi connectivity index (χ0v) is 9.05. The fraction of sp³-hybridized carbons (Fsp3) is 1.00. The van der Waals surface area contributed by atoms with Crippen LogP contribution >= 0.6 is 7.26 Å². The highest BCUT2D eigenvalue weighted by Crippen LogP contribution is 2.80. The van der Waals surface area contributed by atoms with Crippen molar-refractivity contribution in [1.82, 2.24) is 0 Å². The predicted octanol–water partition coefficient (Wildman–Crippen LogP) is 3.08. The van der Waals surface area contributed by atoms with Gasteiger partial charge in [-0.15, -0.1) is 0 Å². The van der Waals surface area contributed by atoms with Crippen molar-refractivity contribution in [1.29, 1.82) is 0 Å². The Balaban J connectivity index is 2.85. The molecule has 60 valence electrons. The predicted molar refractivity (Wildman–Crippen MR) is 51.5 cm³/mol. The monoisotopic (exact) mass is 159 g/mol. The molecule has 0 N–H and O–H groups in total. The van der Waals surface area contributed by atoms with Crippen LogP contribution in [0.4, 0.5) is 0 Å². The minimum Gasteiger partial charge on any atom is -0.0524 e. The molecule has 0 aromatic rings. The maximum absolute atomic E-state index is 2.48. The first-order valence-corrected chi connectivity index (χ1v) is 6.91. The van der Waals surface area contributed by atoms with E-state index in [1.54, 1.807) is 0 Å². The van der Waals surface area contributed by atoms with Gasteiger partial charge in [-0.2, -0.15) is 0 Å². The van der Waals surface area contributed by atoms with Gasteiger partial charge in [0.25, 0.3) is 0 Å². The van der Waals surface area contributed by atoms with Gasteiger partial charge in [0.1, 0.15) is 0 Å². The van der Waals surface area contributed by atoms with Gasteiger partial charge in [0, 0.05) is 26.0 Å². The van der Waals surface area contributed by atoms with Crippen molar-refractivity contribution < 1.29 is 0 Å². The zero-order chi connectivity index (χ0) is 8.21. The van der Waals surface area contributed by atoms with Crippen molar-refractivity contribution in [2.75, 3.05) is 19.5 Å². The smallest absolute Gasteiger partial charge is 0.0524 e. The zero-order valence-electron chi connectivity index (χ0n) is 8.15. The van der Waals surface area contributed by atoms with Crippen molar-refractivity contribution in [3.05, 3.63) is 0 Å². The Hall–Kier alpha value is 0.430. The second-order valence-corrected chi connectivity index (χ2v) is 10.1. The van der Waals surface area contributed by atoms with Gasteiger partial charge in [-0.25, -0.2) is 0 Å². The molecule has 0 nitrogen and oxygen atoms in total. The molecular formula is C9H20P+. The summed E-state index contributed by atoms with van der Waals surface area (Å²) in [5, 5.41) is 0.625. The van der Waals surface area contributed by atoms with Crippen LogP contribution in [0.3, 0.4) is 0 Å². The molecule has 0 saturated carbocycles. The van der Waals surface area contributed by atoms with Crippen molar-refractivity contribution in [2.45, 2.75) is 32.9 Å². The van der Waals surface area contributed by atoms with E-state index in [4.69, 9.17) is 0 Å². The Morgan fingerprint density at radius 2 is 1.40 bits per heavy atom. The van der Waals surface area contributed by atoms with E-state index < -0.39 is 7.26 Å². The molecule has 0 aromatic heterocycles. The van der Waals surface area contributed by atoms with Crippen molar-refractivity contribution in [3.63, 3.8) is 0 Å². The Kier molecular flexibility index (Phi) is 1.51. The summed E-state index contributed by atoms with van der Waals surface area (Å²) in [4.78, 5) is 0. The molecule has 0 bridgehead atoms. The molecule has 0 spiro atoms. The molecule has 0 aliphatic carbocycles. The van der Waals surface area contributed by atoms with Crippen LogP contribution < -0.4 is 0 Å². The Bertz CT molecular complexity index is 138. The fourth-order valence-corrected chi connectivity index (χ4v) is 6.32. The maximum Gasteiger partial charge on any atom is 0.0823 e. The number of rotatable bonds is 0. The van der Waals surface area contributed by atoms with E-state index >= 15 is 0 Å². The fourth-order valence-electron chi connectivity index (χ4n) is 2.11. The molecular weight excluding hydrogens is 139 g/mol. The highest BCUT2D eigenvalue weighted by molar-refractivity contribution is 7.77. The van der Waals surface area contributed by atoms with Crippen molar-refractivity contribution >= 4 is 7.26 Å². The molecule has 10 heavy (non-hydrogen) atoms. The second kappa shape index (κ2) is 1.78. The molecule has 1 aliphatic rings. The largest absolute Gasteiger partial charge is 0.0823 e. The number of hydrogen-bond acceptors (Lipinski definition) is 0. The van der Waals surface area contributed by atoms with Gasteiger partial charge in [-0.3, -0.25) is 0 Å². The summed E-state index contributed by atoms with van der Waals surface area (Å²) in [6.07, 6.45) is 1.48. The van der Waals surface area contributed by atoms with Gasteiger partial charge in [0.05, 0.1) is 11.3 Å². The molecule has 1 heteroatoms. The van der Waals surface area contributed by atoms with E-state index in [1.165, 1.54) is 6.16 Å². The summed E-state index contributed by atoms with van der Waals surface area (Å²) < 4.78 is 0.